The number of aromatic nitrogens is 2. The van der Waals surface area contributed by atoms with Gasteiger partial charge in [-0.15, -0.1) is 0 Å². The molecule has 1 aromatic carbocycles. The zero-order valence-electron chi connectivity index (χ0n) is 14.7. The molecule has 25 heavy (non-hydrogen) atoms. The lowest BCUT2D eigenvalue weighted by Crippen LogP contribution is -2.37. The number of rotatable bonds is 6. The molecule has 134 valence electrons. The van der Waals surface area contributed by atoms with Crippen molar-refractivity contribution in [3.63, 3.8) is 0 Å². The summed E-state index contributed by atoms with van der Waals surface area (Å²) < 4.78 is 7.30. The summed E-state index contributed by atoms with van der Waals surface area (Å²) in [5.41, 5.74) is 1.67. The lowest BCUT2D eigenvalue weighted by atomic mass is 10.1. The number of aryl methyl sites for hydroxylation is 2. The molecule has 1 aliphatic carbocycles. The molecule has 0 aliphatic heterocycles. The van der Waals surface area contributed by atoms with E-state index in [0.29, 0.717) is 6.54 Å². The lowest BCUT2D eigenvalue weighted by Gasteiger charge is -2.21. The van der Waals surface area contributed by atoms with Crippen LogP contribution >= 0.6 is 0 Å². The van der Waals surface area contributed by atoms with Crippen LogP contribution in [0.3, 0.4) is 0 Å². The maximum Gasteiger partial charge on any atom is 0.261 e. The predicted octanol–water partition coefficient (Wildman–Crippen LogP) is 1.95. The number of hydrogen-bond acceptors (Lipinski definition) is 5. The fourth-order valence-electron chi connectivity index (χ4n) is 3.37. The van der Waals surface area contributed by atoms with E-state index in [1.54, 1.807) is 0 Å². The monoisotopic (exact) mass is 343 g/mol. The van der Waals surface area contributed by atoms with E-state index in [2.05, 4.69) is 10.4 Å². The van der Waals surface area contributed by atoms with Crippen molar-refractivity contribution < 1.29 is 14.6 Å². The van der Waals surface area contributed by atoms with E-state index >= 15 is 0 Å². The number of benzene rings is 1. The third kappa shape index (κ3) is 4.27. The Bertz CT molecular complexity index is 714. The van der Waals surface area contributed by atoms with Crippen molar-refractivity contribution in [1.29, 1.82) is 0 Å². The molecule has 1 aromatic heterocycles. The highest BCUT2D eigenvalue weighted by molar-refractivity contribution is 5.80. The molecule has 2 aromatic rings. The van der Waals surface area contributed by atoms with Crippen LogP contribution in [0.25, 0.3) is 0 Å². The van der Waals surface area contributed by atoms with Crippen LogP contribution in [0.5, 0.6) is 5.75 Å². The number of carbonyl (C=O) groups is 1. The molecular weight excluding hydrogens is 318 g/mol. The first-order valence-electron chi connectivity index (χ1n) is 8.71. The Morgan fingerprint density at radius 2 is 2.08 bits per heavy atom. The second-order valence-electron chi connectivity index (χ2n) is 6.66. The largest absolute Gasteiger partial charge is 0.488 e. The minimum absolute atomic E-state index is 0.0852. The van der Waals surface area contributed by atoms with Gasteiger partial charge in [0.15, 0.2) is 0 Å². The average Bonchev–Trinajstić information content (AvgIpc) is 3.11. The molecule has 0 amide bonds. The predicted molar refractivity (Wildman–Crippen MR) is 94.8 cm³/mol. The molecule has 3 atom stereocenters. The van der Waals surface area contributed by atoms with Gasteiger partial charge in [-0.25, -0.2) is 4.68 Å². The van der Waals surface area contributed by atoms with Crippen LogP contribution < -0.4 is 10.1 Å². The summed E-state index contributed by atoms with van der Waals surface area (Å²) in [6, 6.07) is 11.4. The Kier molecular flexibility index (Phi) is 5.50. The normalized spacial score (nSPS) is 22.9. The van der Waals surface area contributed by atoms with Gasteiger partial charge < -0.3 is 15.2 Å². The van der Waals surface area contributed by atoms with E-state index in [4.69, 9.17) is 4.74 Å². The zero-order chi connectivity index (χ0) is 17.8. The summed E-state index contributed by atoms with van der Waals surface area (Å²) in [6.07, 6.45) is 0.963. The summed E-state index contributed by atoms with van der Waals surface area (Å²) in [5.74, 6) is 0.775. The number of hydrogen-bond donors (Lipinski definition) is 2. The van der Waals surface area contributed by atoms with E-state index in [0.717, 1.165) is 30.0 Å². The van der Waals surface area contributed by atoms with Gasteiger partial charge in [0.2, 0.25) is 0 Å². The van der Waals surface area contributed by atoms with Gasteiger partial charge >= 0.3 is 0 Å². The van der Waals surface area contributed by atoms with Crippen LogP contribution in [0.2, 0.25) is 0 Å². The maximum absolute atomic E-state index is 12.2. The quantitative estimate of drug-likeness (QED) is 0.838. The first-order valence-corrected chi connectivity index (χ1v) is 8.71. The molecular formula is C19H25N3O3. The molecule has 1 aliphatic rings. The molecule has 0 saturated heterocycles. The molecule has 2 N–H and O–H groups in total. The van der Waals surface area contributed by atoms with Crippen molar-refractivity contribution in [2.75, 3.05) is 13.1 Å². The van der Waals surface area contributed by atoms with Gasteiger partial charge in [0.1, 0.15) is 11.9 Å². The van der Waals surface area contributed by atoms with Crippen LogP contribution in [-0.4, -0.2) is 46.1 Å². The fraction of sp³-hybridized carbons (Fsp3) is 0.474. The third-order valence-corrected chi connectivity index (χ3v) is 4.65. The van der Waals surface area contributed by atoms with Gasteiger partial charge in [0.05, 0.1) is 18.3 Å². The smallest absolute Gasteiger partial charge is 0.261 e. The summed E-state index contributed by atoms with van der Waals surface area (Å²) in [4.78, 5) is 12.2. The van der Waals surface area contributed by atoms with Gasteiger partial charge in [-0.2, -0.15) is 5.10 Å². The van der Waals surface area contributed by atoms with Crippen molar-refractivity contribution in [2.24, 2.45) is 5.92 Å². The zero-order valence-corrected chi connectivity index (χ0v) is 14.7. The molecule has 6 nitrogen and oxygen atoms in total. The van der Waals surface area contributed by atoms with Gasteiger partial charge in [-0.3, -0.25) is 4.79 Å². The molecule has 1 heterocycles. The molecule has 0 spiro atoms. The summed E-state index contributed by atoms with van der Waals surface area (Å²) in [7, 11) is 0. The Morgan fingerprint density at radius 3 is 2.76 bits per heavy atom. The number of aliphatic hydroxyl groups is 1. The standard InChI is InChI=1S/C19H25N3O3/c1-13-10-14(2)22(21-13)18(23)12-20-11-15-8-9-17(19(15)24)25-16-6-4-3-5-7-16/h3-7,10,15,17,19-20,24H,8-9,11-12H2,1-2H3/t15-,17-,19-/m1/s1. The molecule has 0 radical (unpaired) electrons. The maximum atomic E-state index is 12.2. The third-order valence-electron chi connectivity index (χ3n) is 4.65. The average molecular weight is 343 g/mol. The van der Waals surface area contributed by atoms with Crippen LogP contribution in [0.4, 0.5) is 0 Å². The van der Waals surface area contributed by atoms with E-state index in [9.17, 15) is 9.90 Å². The Morgan fingerprint density at radius 1 is 1.32 bits per heavy atom. The van der Waals surface area contributed by atoms with Crippen molar-refractivity contribution in [2.45, 2.75) is 38.9 Å². The number of aliphatic hydroxyl groups excluding tert-OH is 1. The van der Waals surface area contributed by atoms with Crippen LogP contribution in [0, 0.1) is 19.8 Å². The van der Waals surface area contributed by atoms with Gasteiger partial charge in [0, 0.05) is 18.2 Å². The SMILES string of the molecule is Cc1cc(C)n(C(=O)CNC[C@H]2CC[C@@H](Oc3ccccc3)[C@@H]2O)n1. The number of carbonyl (C=O) groups excluding carboxylic acids is 1. The van der Waals surface area contributed by atoms with Crippen LogP contribution in [0.15, 0.2) is 36.4 Å². The highest BCUT2D eigenvalue weighted by Crippen LogP contribution is 2.29. The Hall–Kier alpha value is -2.18. The minimum Gasteiger partial charge on any atom is -0.488 e. The Balaban J connectivity index is 1.46. The van der Waals surface area contributed by atoms with E-state index < -0.39 is 6.10 Å². The lowest BCUT2D eigenvalue weighted by molar-refractivity contribution is 0.0350. The summed E-state index contributed by atoms with van der Waals surface area (Å²) in [6.45, 7) is 4.52. The van der Waals surface area contributed by atoms with Gasteiger partial charge in [0.25, 0.3) is 5.91 Å². The van der Waals surface area contributed by atoms with Crippen molar-refractivity contribution >= 4 is 5.91 Å². The van der Waals surface area contributed by atoms with Crippen LogP contribution in [-0.2, 0) is 0 Å². The van der Waals surface area contributed by atoms with E-state index in [-0.39, 0.29) is 24.5 Å². The van der Waals surface area contributed by atoms with Crippen molar-refractivity contribution in [3.05, 3.63) is 47.8 Å². The molecule has 6 heteroatoms. The highest BCUT2D eigenvalue weighted by Gasteiger charge is 2.36. The number of nitrogens with zero attached hydrogens (tertiary/aromatic N) is 2. The van der Waals surface area contributed by atoms with Gasteiger partial charge in [-0.1, -0.05) is 18.2 Å². The fourth-order valence-corrected chi connectivity index (χ4v) is 3.37. The van der Waals surface area contributed by atoms with Crippen LogP contribution in [0.1, 0.15) is 29.0 Å². The molecule has 1 saturated carbocycles. The first kappa shape index (κ1) is 17.6. The van der Waals surface area contributed by atoms with Crippen molar-refractivity contribution in [1.82, 2.24) is 15.1 Å². The van der Waals surface area contributed by atoms with E-state index in [1.807, 2.05) is 50.2 Å². The summed E-state index contributed by atoms with van der Waals surface area (Å²) >= 11 is 0. The minimum atomic E-state index is -0.531. The molecule has 1 fully saturated rings. The second-order valence-corrected chi connectivity index (χ2v) is 6.66. The molecule has 3 rings (SSSR count). The Labute approximate surface area is 147 Å². The highest BCUT2D eigenvalue weighted by atomic mass is 16.5. The van der Waals surface area contributed by atoms with E-state index in [1.165, 1.54) is 4.68 Å². The van der Waals surface area contributed by atoms with Gasteiger partial charge in [-0.05, 0) is 44.9 Å². The van der Waals surface area contributed by atoms with Crippen molar-refractivity contribution in [3.8, 4) is 5.75 Å². The second kappa shape index (κ2) is 7.80. The summed E-state index contributed by atoms with van der Waals surface area (Å²) in [5, 5.41) is 17.8. The number of ether oxygens (including phenoxy) is 1. The molecule has 0 unspecified atom stereocenters. The number of para-hydroxylation sites is 1. The number of nitrogens with one attached hydrogen (secondary N) is 1. The topological polar surface area (TPSA) is 76.4 Å². The molecule has 0 bridgehead atoms. The first-order chi connectivity index (χ1) is 12.0.